The van der Waals surface area contributed by atoms with E-state index in [-0.39, 0.29) is 22.8 Å². The molecule has 1 aromatic heterocycles. The standard InChI is InChI=1S/C20H23ClN4O5S/c1-23-17-8-7-16(12-18(17)24(2)20(23)27)31(28,29)25(13-19(26)22-9-10-30-3)15-6-4-5-14(21)11-15/h4-8,11-12H,9-10,13H2,1-3H3,(H,22,26). The Morgan fingerprint density at radius 3 is 2.52 bits per heavy atom. The van der Waals surface area contributed by atoms with E-state index in [0.717, 1.165) is 4.31 Å². The predicted molar refractivity (Wildman–Crippen MR) is 119 cm³/mol. The zero-order valence-corrected chi connectivity index (χ0v) is 18.9. The van der Waals surface area contributed by atoms with Gasteiger partial charge in [0.2, 0.25) is 5.91 Å². The van der Waals surface area contributed by atoms with Gasteiger partial charge in [-0.05, 0) is 36.4 Å². The van der Waals surface area contributed by atoms with Crippen LogP contribution in [0.3, 0.4) is 0 Å². The largest absolute Gasteiger partial charge is 0.383 e. The molecule has 1 heterocycles. The van der Waals surface area contributed by atoms with Crippen molar-refractivity contribution in [2.24, 2.45) is 14.1 Å². The van der Waals surface area contributed by atoms with E-state index < -0.39 is 22.5 Å². The Morgan fingerprint density at radius 2 is 1.84 bits per heavy atom. The van der Waals surface area contributed by atoms with E-state index in [1.54, 1.807) is 38.4 Å². The molecule has 0 fully saturated rings. The highest BCUT2D eigenvalue weighted by molar-refractivity contribution is 7.92. The molecule has 3 rings (SSSR count). The fourth-order valence-corrected chi connectivity index (χ4v) is 4.82. The van der Waals surface area contributed by atoms with Gasteiger partial charge in [-0.25, -0.2) is 13.2 Å². The Bertz CT molecular complexity index is 1280. The molecule has 9 nitrogen and oxygen atoms in total. The fraction of sp³-hybridized carbons (Fsp3) is 0.300. The van der Waals surface area contributed by atoms with Crippen LogP contribution in [0.25, 0.3) is 11.0 Å². The third kappa shape index (κ3) is 4.60. The lowest BCUT2D eigenvalue weighted by Crippen LogP contribution is -2.41. The van der Waals surface area contributed by atoms with Crippen molar-refractivity contribution in [3.63, 3.8) is 0 Å². The van der Waals surface area contributed by atoms with E-state index in [1.807, 2.05) is 0 Å². The first-order valence-corrected chi connectivity index (χ1v) is 11.2. The Hall–Kier alpha value is -2.82. The molecule has 166 valence electrons. The molecule has 1 amide bonds. The Balaban J connectivity index is 2.06. The zero-order chi connectivity index (χ0) is 22.8. The molecule has 0 saturated carbocycles. The van der Waals surface area contributed by atoms with E-state index >= 15 is 0 Å². The number of nitrogens with zero attached hydrogens (tertiary/aromatic N) is 3. The van der Waals surface area contributed by atoms with Crippen LogP contribution in [0.15, 0.2) is 52.2 Å². The number of rotatable bonds is 8. The van der Waals surface area contributed by atoms with E-state index in [1.165, 1.54) is 34.4 Å². The molecule has 0 aliphatic rings. The minimum Gasteiger partial charge on any atom is -0.383 e. The third-order valence-corrected chi connectivity index (χ3v) is 6.85. The summed E-state index contributed by atoms with van der Waals surface area (Å²) in [6, 6.07) is 10.6. The van der Waals surface area contributed by atoms with Crippen LogP contribution in [-0.4, -0.2) is 50.3 Å². The van der Waals surface area contributed by atoms with Gasteiger partial charge in [0, 0.05) is 32.8 Å². The highest BCUT2D eigenvalue weighted by Gasteiger charge is 2.28. The molecule has 0 unspecified atom stereocenters. The van der Waals surface area contributed by atoms with Gasteiger partial charge in [0.05, 0.1) is 28.2 Å². The first-order chi connectivity index (χ1) is 14.7. The van der Waals surface area contributed by atoms with Gasteiger partial charge < -0.3 is 10.1 Å². The number of benzene rings is 2. The summed E-state index contributed by atoms with van der Waals surface area (Å²) in [5.74, 6) is -0.492. The molecule has 0 aliphatic carbocycles. The maximum atomic E-state index is 13.5. The van der Waals surface area contributed by atoms with E-state index in [2.05, 4.69) is 5.32 Å². The van der Waals surface area contributed by atoms with Crippen LogP contribution in [0.1, 0.15) is 0 Å². The second kappa shape index (κ2) is 9.13. The summed E-state index contributed by atoms with van der Waals surface area (Å²) in [4.78, 5) is 24.6. The van der Waals surface area contributed by atoms with Crippen LogP contribution in [0.5, 0.6) is 0 Å². The first kappa shape index (κ1) is 22.9. The second-order valence-corrected chi connectivity index (χ2v) is 9.18. The number of carbonyl (C=O) groups excluding carboxylic acids is 1. The second-order valence-electron chi connectivity index (χ2n) is 6.89. The van der Waals surface area contributed by atoms with Gasteiger partial charge in [-0.1, -0.05) is 17.7 Å². The minimum absolute atomic E-state index is 0.0501. The van der Waals surface area contributed by atoms with Crippen LogP contribution in [-0.2, 0) is 33.7 Å². The number of fused-ring (bicyclic) bond motifs is 1. The van der Waals surface area contributed by atoms with Crippen molar-refractivity contribution in [1.82, 2.24) is 14.5 Å². The quantitative estimate of drug-likeness (QED) is 0.507. The molecule has 0 saturated heterocycles. The number of hydrogen-bond donors (Lipinski definition) is 1. The summed E-state index contributed by atoms with van der Waals surface area (Å²) in [5, 5.41) is 2.95. The fourth-order valence-electron chi connectivity index (χ4n) is 3.20. The molecule has 0 bridgehead atoms. The summed E-state index contributed by atoms with van der Waals surface area (Å²) < 4.78 is 35.8. The number of ether oxygens (including phenoxy) is 1. The Morgan fingerprint density at radius 1 is 1.13 bits per heavy atom. The number of aromatic nitrogens is 2. The number of hydrogen-bond acceptors (Lipinski definition) is 5. The molecule has 3 aromatic rings. The van der Waals surface area contributed by atoms with Crippen molar-refractivity contribution in [2.45, 2.75) is 4.90 Å². The van der Waals surface area contributed by atoms with Crippen molar-refractivity contribution < 1.29 is 17.9 Å². The molecular weight excluding hydrogens is 444 g/mol. The van der Waals surface area contributed by atoms with E-state index in [9.17, 15) is 18.0 Å². The molecular formula is C20H23ClN4O5S. The number of aryl methyl sites for hydroxylation is 2. The van der Waals surface area contributed by atoms with Gasteiger partial charge in [-0.15, -0.1) is 0 Å². The van der Waals surface area contributed by atoms with Crippen LogP contribution in [0, 0.1) is 0 Å². The molecule has 0 atom stereocenters. The van der Waals surface area contributed by atoms with E-state index in [0.29, 0.717) is 22.7 Å². The van der Waals surface area contributed by atoms with Crippen molar-refractivity contribution in [2.75, 3.05) is 31.1 Å². The Kier molecular flexibility index (Phi) is 6.73. The summed E-state index contributed by atoms with van der Waals surface area (Å²) in [7, 11) is 0.533. The van der Waals surface area contributed by atoms with Gasteiger partial charge >= 0.3 is 5.69 Å². The number of carbonyl (C=O) groups is 1. The lowest BCUT2D eigenvalue weighted by atomic mass is 10.3. The van der Waals surface area contributed by atoms with Gasteiger partial charge in [0.15, 0.2) is 0 Å². The van der Waals surface area contributed by atoms with Gasteiger partial charge in [-0.2, -0.15) is 0 Å². The summed E-state index contributed by atoms with van der Waals surface area (Å²) in [6.45, 7) is 0.101. The predicted octanol–water partition coefficient (Wildman–Crippen LogP) is 1.49. The van der Waals surface area contributed by atoms with Gasteiger partial charge in [0.25, 0.3) is 10.0 Å². The smallest absolute Gasteiger partial charge is 0.328 e. The molecule has 1 N–H and O–H groups in total. The molecule has 2 aromatic carbocycles. The van der Waals surface area contributed by atoms with Crippen molar-refractivity contribution in [1.29, 1.82) is 0 Å². The maximum absolute atomic E-state index is 13.5. The van der Waals surface area contributed by atoms with Crippen LogP contribution in [0.4, 0.5) is 5.69 Å². The first-order valence-electron chi connectivity index (χ1n) is 9.36. The number of halogens is 1. The zero-order valence-electron chi connectivity index (χ0n) is 17.3. The average Bonchev–Trinajstić information content (AvgIpc) is 2.96. The molecule has 0 spiro atoms. The van der Waals surface area contributed by atoms with Crippen LogP contribution in [0.2, 0.25) is 5.02 Å². The van der Waals surface area contributed by atoms with E-state index in [4.69, 9.17) is 16.3 Å². The van der Waals surface area contributed by atoms with Gasteiger partial charge in [-0.3, -0.25) is 18.2 Å². The maximum Gasteiger partial charge on any atom is 0.328 e. The van der Waals surface area contributed by atoms with Crippen molar-refractivity contribution in [3.8, 4) is 0 Å². The highest BCUT2D eigenvalue weighted by Crippen LogP contribution is 2.27. The number of amides is 1. The number of sulfonamides is 1. The molecule has 0 aliphatic heterocycles. The van der Waals surface area contributed by atoms with Crippen molar-refractivity contribution in [3.05, 3.63) is 58.0 Å². The number of methoxy groups -OCH3 is 1. The van der Waals surface area contributed by atoms with Crippen LogP contribution >= 0.6 is 11.6 Å². The molecule has 0 radical (unpaired) electrons. The van der Waals surface area contributed by atoms with Crippen LogP contribution < -0.4 is 15.3 Å². The number of anilines is 1. The third-order valence-electron chi connectivity index (χ3n) is 4.84. The summed E-state index contributed by atoms with van der Waals surface area (Å²) >= 11 is 6.06. The normalized spacial score (nSPS) is 11.6. The molecule has 31 heavy (non-hydrogen) atoms. The summed E-state index contributed by atoms with van der Waals surface area (Å²) in [6.07, 6.45) is 0. The number of nitrogens with one attached hydrogen (secondary N) is 1. The average molecular weight is 467 g/mol. The summed E-state index contributed by atoms with van der Waals surface area (Å²) in [5.41, 5.74) is 1.03. The lowest BCUT2D eigenvalue weighted by Gasteiger charge is -2.24. The van der Waals surface area contributed by atoms with Gasteiger partial charge in [0.1, 0.15) is 6.54 Å². The highest BCUT2D eigenvalue weighted by atomic mass is 35.5. The van der Waals surface area contributed by atoms with Crippen molar-refractivity contribution >= 4 is 44.3 Å². The Labute approximate surface area is 184 Å². The SMILES string of the molecule is COCCNC(=O)CN(c1cccc(Cl)c1)S(=O)(=O)c1ccc2c(c1)n(C)c(=O)n2C. The lowest BCUT2D eigenvalue weighted by molar-refractivity contribution is -0.119. The minimum atomic E-state index is -4.15. The topological polar surface area (TPSA) is 103 Å². The monoisotopic (exact) mass is 466 g/mol. The number of imidazole rings is 1. The molecule has 11 heteroatoms.